The summed E-state index contributed by atoms with van der Waals surface area (Å²) in [6.45, 7) is 0. The lowest BCUT2D eigenvalue weighted by Gasteiger charge is -2.13. The molecule has 2 aliphatic rings. The van der Waals surface area contributed by atoms with Gasteiger partial charge in [0.2, 0.25) is 0 Å². The largest absolute Gasteiger partial charge is 0.455 e. The van der Waals surface area contributed by atoms with Crippen molar-refractivity contribution in [3.8, 4) is 23.3 Å². The Hall–Kier alpha value is -2.37. The maximum atomic E-state index is 6.15. The van der Waals surface area contributed by atoms with E-state index >= 15 is 0 Å². The average molecular weight is 336 g/mol. The Labute approximate surface area is 147 Å². The number of benzene rings is 2. The molecule has 3 heteroatoms. The van der Waals surface area contributed by atoms with Crippen molar-refractivity contribution in [3.05, 3.63) is 64.7 Å². The molecule has 0 saturated carbocycles. The van der Waals surface area contributed by atoms with Crippen molar-refractivity contribution in [2.24, 2.45) is 0 Å². The van der Waals surface area contributed by atoms with E-state index in [0.717, 1.165) is 35.6 Å². The van der Waals surface area contributed by atoms with Crippen molar-refractivity contribution in [3.63, 3.8) is 0 Å². The van der Waals surface area contributed by atoms with Gasteiger partial charge in [-0.15, -0.1) is 0 Å². The summed E-state index contributed by atoms with van der Waals surface area (Å²) in [6, 6.07) is 13.5. The molecule has 0 radical (unpaired) electrons. The van der Waals surface area contributed by atoms with Gasteiger partial charge in [0.25, 0.3) is 0 Å². The average Bonchev–Trinajstić information content (AvgIpc) is 2.77. The molecule has 1 atom stereocenters. The zero-order valence-electron chi connectivity index (χ0n) is 13.3. The predicted octanol–water partition coefficient (Wildman–Crippen LogP) is 6.10. The Morgan fingerprint density at radius 3 is 2.88 bits per heavy atom. The smallest absolute Gasteiger partial charge is 0.150 e. The number of fused-ring (bicyclic) bond motifs is 2. The molecule has 1 aliphatic heterocycles. The first-order chi connectivity index (χ1) is 11.8. The molecule has 1 N–H and O–H groups in total. The third-order valence-electron chi connectivity index (χ3n) is 4.36. The Morgan fingerprint density at radius 1 is 1.08 bits per heavy atom. The number of hydrogen-bond acceptors (Lipinski definition) is 2. The molecule has 24 heavy (non-hydrogen) atoms. The van der Waals surface area contributed by atoms with Crippen molar-refractivity contribution >= 4 is 17.3 Å². The van der Waals surface area contributed by atoms with Crippen LogP contribution in [0.4, 0.5) is 5.69 Å². The van der Waals surface area contributed by atoms with Crippen molar-refractivity contribution in [2.75, 3.05) is 5.32 Å². The number of halogens is 1. The van der Waals surface area contributed by atoms with Gasteiger partial charge in [-0.1, -0.05) is 47.7 Å². The number of nitrogens with one attached hydrogen (secondary N) is 1. The van der Waals surface area contributed by atoms with E-state index in [2.05, 4.69) is 29.3 Å². The van der Waals surface area contributed by atoms with Crippen LogP contribution in [-0.4, -0.2) is 0 Å². The minimum Gasteiger partial charge on any atom is -0.455 e. The molecule has 120 valence electrons. The Bertz CT molecular complexity index is 860. The van der Waals surface area contributed by atoms with Gasteiger partial charge in [-0.3, -0.25) is 0 Å². The van der Waals surface area contributed by atoms with Crippen molar-refractivity contribution in [1.29, 1.82) is 0 Å². The van der Waals surface area contributed by atoms with E-state index < -0.39 is 0 Å². The van der Waals surface area contributed by atoms with Crippen LogP contribution >= 0.6 is 11.6 Å². The number of allylic oxidation sites excluding steroid dienone is 2. The quantitative estimate of drug-likeness (QED) is 0.587. The van der Waals surface area contributed by atoms with E-state index in [9.17, 15) is 0 Å². The van der Waals surface area contributed by atoms with Gasteiger partial charge in [-0.05, 0) is 55.5 Å². The van der Waals surface area contributed by atoms with E-state index in [1.54, 1.807) is 0 Å². The van der Waals surface area contributed by atoms with Gasteiger partial charge >= 0.3 is 0 Å². The maximum absolute atomic E-state index is 6.15. The lowest BCUT2D eigenvalue weighted by molar-refractivity contribution is 0.483. The van der Waals surface area contributed by atoms with Crippen molar-refractivity contribution < 1.29 is 4.74 Å². The van der Waals surface area contributed by atoms with Gasteiger partial charge < -0.3 is 10.1 Å². The second-order valence-electron chi connectivity index (χ2n) is 6.10. The van der Waals surface area contributed by atoms with Gasteiger partial charge in [0, 0.05) is 10.6 Å². The monoisotopic (exact) mass is 335 g/mol. The summed E-state index contributed by atoms with van der Waals surface area (Å²) < 4.78 is 6.08. The number of para-hydroxylation sites is 1. The van der Waals surface area contributed by atoms with Crippen LogP contribution < -0.4 is 10.1 Å². The zero-order chi connectivity index (χ0) is 16.4. The van der Waals surface area contributed by atoms with Gasteiger partial charge in [0.1, 0.15) is 11.8 Å². The number of hydrogen-bond donors (Lipinski definition) is 1. The third kappa shape index (κ3) is 3.13. The van der Waals surface area contributed by atoms with E-state index in [4.69, 9.17) is 16.3 Å². The second-order valence-corrected chi connectivity index (χ2v) is 6.54. The third-order valence-corrected chi connectivity index (χ3v) is 4.59. The Morgan fingerprint density at radius 2 is 2.00 bits per heavy atom. The van der Waals surface area contributed by atoms with Crippen LogP contribution in [0.2, 0.25) is 5.02 Å². The highest BCUT2D eigenvalue weighted by Gasteiger charge is 2.21. The molecule has 1 aliphatic carbocycles. The van der Waals surface area contributed by atoms with Gasteiger partial charge in [-0.25, -0.2) is 0 Å². The summed E-state index contributed by atoms with van der Waals surface area (Å²) in [5, 5.41) is 4.16. The molecular weight excluding hydrogens is 318 g/mol. The van der Waals surface area contributed by atoms with E-state index in [0.29, 0.717) is 5.02 Å². The predicted molar refractivity (Wildman–Crippen MR) is 98.7 cm³/mol. The van der Waals surface area contributed by atoms with Crippen molar-refractivity contribution in [1.82, 2.24) is 0 Å². The number of anilines is 1. The van der Waals surface area contributed by atoms with Gasteiger partial charge in [0.05, 0.1) is 5.69 Å². The summed E-state index contributed by atoms with van der Waals surface area (Å²) >= 11 is 6.15. The van der Waals surface area contributed by atoms with Crippen molar-refractivity contribution in [2.45, 2.75) is 31.7 Å². The summed E-state index contributed by atoms with van der Waals surface area (Å²) in [6.07, 6.45) is 6.99. The van der Waals surface area contributed by atoms with Crippen LogP contribution in [-0.2, 0) is 0 Å². The molecule has 0 aromatic heterocycles. The van der Waals surface area contributed by atoms with Crippen LogP contribution in [0.15, 0.2) is 54.1 Å². The maximum Gasteiger partial charge on any atom is 0.150 e. The summed E-state index contributed by atoms with van der Waals surface area (Å²) in [5.74, 6) is 8.37. The van der Waals surface area contributed by atoms with E-state index in [-0.39, 0.29) is 6.04 Å². The van der Waals surface area contributed by atoms with Crippen LogP contribution in [0, 0.1) is 11.8 Å². The summed E-state index contributed by atoms with van der Waals surface area (Å²) in [7, 11) is 0. The Kier molecular flexibility index (Phi) is 4.19. The first-order valence-electron chi connectivity index (χ1n) is 8.33. The molecule has 2 aromatic rings. The molecule has 0 unspecified atom stereocenters. The summed E-state index contributed by atoms with van der Waals surface area (Å²) in [4.78, 5) is 0. The first-order valence-corrected chi connectivity index (χ1v) is 8.71. The highest BCUT2D eigenvalue weighted by atomic mass is 35.5. The molecule has 0 fully saturated rings. The fourth-order valence-corrected chi connectivity index (χ4v) is 3.27. The molecule has 4 rings (SSSR count). The SMILES string of the molecule is Clc1ccc2c(c1)N[C@H](C#CC1=CCCCC1)c1ccccc1O2. The molecule has 0 spiro atoms. The topological polar surface area (TPSA) is 21.3 Å². The van der Waals surface area contributed by atoms with E-state index in [1.807, 2.05) is 36.4 Å². The standard InChI is InChI=1S/C21H18ClNO/c22-16-11-13-21-19(14-16)23-18(12-10-15-6-2-1-3-7-15)17-8-4-5-9-20(17)24-21/h4-6,8-9,11,13-14,18,23H,1-3,7H2/t18-/m1/s1. The number of rotatable bonds is 0. The second kappa shape index (κ2) is 6.63. The minimum atomic E-state index is -0.122. The normalized spacial score (nSPS) is 18.5. The van der Waals surface area contributed by atoms with Gasteiger partial charge in [0.15, 0.2) is 5.75 Å². The number of ether oxygens (including phenoxy) is 1. The summed E-state index contributed by atoms with van der Waals surface area (Å²) in [5.41, 5.74) is 3.17. The van der Waals surface area contributed by atoms with Gasteiger partial charge in [-0.2, -0.15) is 0 Å². The lowest BCUT2D eigenvalue weighted by Crippen LogP contribution is -2.07. The highest BCUT2D eigenvalue weighted by molar-refractivity contribution is 6.30. The van der Waals surface area contributed by atoms with Crippen LogP contribution in [0.3, 0.4) is 0 Å². The fraction of sp³-hybridized carbons (Fsp3) is 0.238. The molecule has 0 saturated heterocycles. The molecule has 2 nitrogen and oxygen atoms in total. The zero-order valence-corrected chi connectivity index (χ0v) is 14.1. The molecule has 0 bridgehead atoms. The molecular formula is C21H18ClNO. The lowest BCUT2D eigenvalue weighted by atomic mass is 9.99. The van der Waals surface area contributed by atoms with Crippen LogP contribution in [0.25, 0.3) is 0 Å². The first kappa shape index (κ1) is 15.2. The van der Waals surface area contributed by atoms with Crippen LogP contribution in [0.1, 0.15) is 37.3 Å². The molecule has 1 heterocycles. The Balaban J connectivity index is 1.74. The highest BCUT2D eigenvalue weighted by Crippen LogP contribution is 2.40. The molecule has 2 aromatic carbocycles. The fourth-order valence-electron chi connectivity index (χ4n) is 3.10. The molecule has 0 amide bonds. The van der Waals surface area contributed by atoms with Crippen LogP contribution in [0.5, 0.6) is 11.5 Å². The van der Waals surface area contributed by atoms with E-state index in [1.165, 1.54) is 18.4 Å². The minimum absolute atomic E-state index is 0.122.